The number of carbonyl (C=O) groups is 3. The lowest BCUT2D eigenvalue weighted by molar-refractivity contribution is 0.0589. The van der Waals surface area contributed by atoms with Crippen molar-refractivity contribution in [3.63, 3.8) is 0 Å². The van der Waals surface area contributed by atoms with Gasteiger partial charge in [0.05, 0.1) is 20.4 Å². The molecular formula is C24H29N7O6. The van der Waals surface area contributed by atoms with Crippen LogP contribution in [0.1, 0.15) is 42.5 Å². The van der Waals surface area contributed by atoms with Gasteiger partial charge in [0.15, 0.2) is 23.1 Å². The van der Waals surface area contributed by atoms with E-state index in [-0.39, 0.29) is 23.1 Å². The van der Waals surface area contributed by atoms with Crippen molar-refractivity contribution in [3.8, 4) is 0 Å². The number of anilines is 5. The Balaban J connectivity index is 2.08. The van der Waals surface area contributed by atoms with Crippen LogP contribution in [0.25, 0.3) is 0 Å². The average Bonchev–Trinajstić information content (AvgIpc) is 3.25. The normalized spacial score (nSPS) is 10.9. The SMILES string of the molecule is COC(=O)Nc1cc(Nc2nc(N(C(=O)OC(C)(C)C)c3cc(C)[nH]n3)cnc2C(=O)OC)ccc1C. The number of aryl methyl sites for hydroxylation is 2. The Bertz CT molecular complexity index is 1320. The van der Waals surface area contributed by atoms with Gasteiger partial charge in [-0.25, -0.2) is 29.3 Å². The van der Waals surface area contributed by atoms with Gasteiger partial charge in [0.25, 0.3) is 0 Å². The number of aromatic nitrogens is 4. The van der Waals surface area contributed by atoms with E-state index >= 15 is 0 Å². The summed E-state index contributed by atoms with van der Waals surface area (Å²) < 4.78 is 15.1. The molecule has 2 aromatic heterocycles. The highest BCUT2D eigenvalue weighted by Gasteiger charge is 2.29. The molecule has 0 atom stereocenters. The minimum Gasteiger partial charge on any atom is -0.464 e. The van der Waals surface area contributed by atoms with Gasteiger partial charge in [0.2, 0.25) is 0 Å². The number of ether oxygens (including phenoxy) is 3. The van der Waals surface area contributed by atoms with Crippen molar-refractivity contribution in [3.05, 3.63) is 47.4 Å². The minimum absolute atomic E-state index is 0.00182. The fraction of sp³-hybridized carbons (Fsp3) is 0.333. The first-order valence-electron chi connectivity index (χ1n) is 11.1. The molecule has 3 aromatic rings. The van der Waals surface area contributed by atoms with E-state index in [1.54, 1.807) is 58.9 Å². The second-order valence-corrected chi connectivity index (χ2v) is 8.91. The highest BCUT2D eigenvalue weighted by atomic mass is 16.6. The molecule has 3 N–H and O–H groups in total. The lowest BCUT2D eigenvalue weighted by Crippen LogP contribution is -2.34. The molecule has 2 amide bonds. The molecule has 37 heavy (non-hydrogen) atoms. The maximum atomic E-state index is 13.1. The lowest BCUT2D eigenvalue weighted by Gasteiger charge is -2.25. The van der Waals surface area contributed by atoms with Crippen molar-refractivity contribution >= 4 is 47.0 Å². The number of hydrogen-bond acceptors (Lipinski definition) is 10. The first-order valence-corrected chi connectivity index (χ1v) is 11.1. The van der Waals surface area contributed by atoms with E-state index in [9.17, 15) is 14.4 Å². The molecule has 0 spiro atoms. The molecule has 13 nitrogen and oxygen atoms in total. The summed E-state index contributed by atoms with van der Waals surface area (Å²) in [5, 5.41) is 12.6. The van der Waals surface area contributed by atoms with Crippen LogP contribution in [-0.4, -0.2) is 58.1 Å². The monoisotopic (exact) mass is 511 g/mol. The lowest BCUT2D eigenvalue weighted by atomic mass is 10.2. The van der Waals surface area contributed by atoms with Crippen molar-refractivity contribution in [2.45, 2.75) is 40.2 Å². The van der Waals surface area contributed by atoms with Gasteiger partial charge in [-0.05, 0) is 52.3 Å². The number of nitrogens with one attached hydrogen (secondary N) is 3. The molecule has 0 radical (unpaired) electrons. The van der Waals surface area contributed by atoms with Crippen molar-refractivity contribution in [2.75, 3.05) is 29.8 Å². The predicted molar refractivity (Wildman–Crippen MR) is 136 cm³/mol. The molecule has 0 saturated carbocycles. The van der Waals surface area contributed by atoms with Crippen LogP contribution in [0.3, 0.4) is 0 Å². The third-order valence-corrected chi connectivity index (χ3v) is 4.79. The van der Waals surface area contributed by atoms with E-state index in [0.717, 1.165) is 10.5 Å². The second-order valence-electron chi connectivity index (χ2n) is 8.91. The number of amides is 2. The summed E-state index contributed by atoms with van der Waals surface area (Å²) in [5.41, 5.74) is 1.49. The highest BCUT2D eigenvalue weighted by molar-refractivity contribution is 5.97. The number of carbonyl (C=O) groups excluding carboxylic acids is 3. The van der Waals surface area contributed by atoms with Crippen LogP contribution in [0, 0.1) is 13.8 Å². The van der Waals surface area contributed by atoms with E-state index < -0.39 is 23.8 Å². The third kappa shape index (κ3) is 6.72. The van der Waals surface area contributed by atoms with Gasteiger partial charge >= 0.3 is 18.2 Å². The van der Waals surface area contributed by atoms with Gasteiger partial charge < -0.3 is 19.5 Å². The van der Waals surface area contributed by atoms with Crippen molar-refractivity contribution < 1.29 is 28.6 Å². The maximum absolute atomic E-state index is 13.1. The van der Waals surface area contributed by atoms with Gasteiger partial charge in [0, 0.05) is 23.1 Å². The van der Waals surface area contributed by atoms with Crippen molar-refractivity contribution in [1.29, 1.82) is 0 Å². The number of H-pyrrole nitrogens is 1. The molecule has 0 aliphatic rings. The molecule has 0 aliphatic heterocycles. The quantitative estimate of drug-likeness (QED) is 0.315. The molecule has 196 valence electrons. The zero-order valence-electron chi connectivity index (χ0n) is 21.6. The zero-order valence-corrected chi connectivity index (χ0v) is 21.6. The summed E-state index contributed by atoms with van der Waals surface area (Å²) in [6.45, 7) is 8.78. The molecule has 0 fully saturated rings. The molecular weight excluding hydrogens is 482 g/mol. The van der Waals surface area contributed by atoms with Gasteiger partial charge in [-0.2, -0.15) is 5.10 Å². The smallest absolute Gasteiger partial charge is 0.422 e. The molecule has 2 heterocycles. The number of esters is 1. The molecule has 1 aromatic carbocycles. The van der Waals surface area contributed by atoms with Crippen LogP contribution in [0.5, 0.6) is 0 Å². The Morgan fingerprint density at radius 1 is 1.03 bits per heavy atom. The number of nitrogens with zero attached hydrogens (tertiary/aromatic N) is 4. The van der Waals surface area contributed by atoms with Gasteiger partial charge in [0.1, 0.15) is 5.60 Å². The first kappa shape index (κ1) is 26.9. The zero-order chi connectivity index (χ0) is 27.3. The molecule has 0 aliphatic carbocycles. The summed E-state index contributed by atoms with van der Waals surface area (Å²) in [5.74, 6) is -0.493. The van der Waals surface area contributed by atoms with Crippen LogP contribution >= 0.6 is 0 Å². The Morgan fingerprint density at radius 3 is 2.35 bits per heavy atom. The third-order valence-electron chi connectivity index (χ3n) is 4.79. The van der Waals surface area contributed by atoms with Gasteiger partial charge in [-0.3, -0.25) is 10.4 Å². The molecule has 0 bridgehead atoms. The van der Waals surface area contributed by atoms with E-state index in [0.29, 0.717) is 17.1 Å². The van der Waals surface area contributed by atoms with Crippen LogP contribution < -0.4 is 15.5 Å². The number of rotatable bonds is 6. The molecule has 3 rings (SSSR count). The summed E-state index contributed by atoms with van der Waals surface area (Å²) in [7, 11) is 2.47. The van der Waals surface area contributed by atoms with Crippen molar-refractivity contribution in [2.24, 2.45) is 0 Å². The van der Waals surface area contributed by atoms with E-state index in [1.165, 1.54) is 20.4 Å². The van der Waals surface area contributed by atoms with Crippen molar-refractivity contribution in [1.82, 2.24) is 20.2 Å². The van der Waals surface area contributed by atoms with Gasteiger partial charge in [-0.1, -0.05) is 6.07 Å². The fourth-order valence-electron chi connectivity index (χ4n) is 3.08. The minimum atomic E-state index is -0.800. The van der Waals surface area contributed by atoms with E-state index in [4.69, 9.17) is 9.47 Å². The number of hydrogen-bond donors (Lipinski definition) is 3. The van der Waals surface area contributed by atoms with E-state index in [1.807, 2.05) is 0 Å². The first-order chi connectivity index (χ1) is 17.4. The second kappa shape index (κ2) is 10.9. The van der Waals surface area contributed by atoms with Crippen LogP contribution in [0.4, 0.5) is 38.4 Å². The number of aromatic amines is 1. The predicted octanol–water partition coefficient (Wildman–Crippen LogP) is 4.60. The molecule has 0 unspecified atom stereocenters. The number of benzene rings is 1. The average molecular weight is 512 g/mol. The van der Waals surface area contributed by atoms with Crippen LogP contribution in [0.15, 0.2) is 30.5 Å². The standard InChI is InChI=1S/C24H29N7O6/c1-13-8-9-15(11-16(13)27-22(33)36-7)26-20-19(21(32)35-6)25-12-18(28-20)31(17-10-14(2)29-30-17)23(34)37-24(3,4)5/h8-12H,1-7H3,(H,26,28)(H,27,33)(H,29,30). The Kier molecular flexibility index (Phi) is 7.95. The molecule has 0 saturated heterocycles. The summed E-state index contributed by atoms with van der Waals surface area (Å²) in [4.78, 5) is 47.1. The van der Waals surface area contributed by atoms with E-state index in [2.05, 4.69) is 35.5 Å². The fourth-order valence-corrected chi connectivity index (χ4v) is 3.08. The maximum Gasteiger partial charge on any atom is 0.422 e. The summed E-state index contributed by atoms with van der Waals surface area (Å²) >= 11 is 0. The molecule has 13 heteroatoms. The Morgan fingerprint density at radius 2 is 1.76 bits per heavy atom. The summed E-state index contributed by atoms with van der Waals surface area (Å²) in [6.07, 6.45) is -0.144. The highest BCUT2D eigenvalue weighted by Crippen LogP contribution is 2.29. The number of methoxy groups -OCH3 is 2. The summed E-state index contributed by atoms with van der Waals surface area (Å²) in [6, 6.07) is 6.74. The largest absolute Gasteiger partial charge is 0.464 e. The van der Waals surface area contributed by atoms with Gasteiger partial charge in [-0.15, -0.1) is 0 Å². The van der Waals surface area contributed by atoms with Crippen LogP contribution in [-0.2, 0) is 14.2 Å². The Hall–Kier alpha value is -4.68. The van der Waals surface area contributed by atoms with Crippen LogP contribution in [0.2, 0.25) is 0 Å². The topological polar surface area (TPSA) is 161 Å². The Labute approximate surface area is 213 Å².